The zero-order valence-electron chi connectivity index (χ0n) is 17.5. The number of carboxylic acids is 1. The Morgan fingerprint density at radius 2 is 1.62 bits per heavy atom. The fraction of sp³-hybridized carbons (Fsp3) is 0.348. The van der Waals surface area contributed by atoms with Gasteiger partial charge in [-0.1, -0.05) is 48.5 Å². The van der Waals surface area contributed by atoms with E-state index in [-0.39, 0.29) is 37.2 Å². The van der Waals surface area contributed by atoms with Gasteiger partial charge in [0, 0.05) is 24.8 Å². The number of alkyl carbamates (subject to hydrolysis) is 1. The van der Waals surface area contributed by atoms with E-state index in [1.807, 2.05) is 36.4 Å². The van der Waals surface area contributed by atoms with Crippen LogP contribution < -0.4 is 10.6 Å². The fourth-order valence-electron chi connectivity index (χ4n) is 3.63. The lowest BCUT2D eigenvalue weighted by Gasteiger charge is -2.16. The first-order valence-corrected chi connectivity index (χ1v) is 11.4. The predicted molar refractivity (Wildman–Crippen MR) is 122 cm³/mol. The fourth-order valence-corrected chi connectivity index (χ4v) is 4.20. The normalized spacial score (nSPS) is 13.0. The van der Waals surface area contributed by atoms with Crippen LogP contribution in [0.4, 0.5) is 4.79 Å². The first kappa shape index (κ1) is 23.6. The molecule has 0 fully saturated rings. The molecule has 0 spiro atoms. The van der Waals surface area contributed by atoms with E-state index in [2.05, 4.69) is 22.8 Å². The topological polar surface area (TPSA) is 125 Å². The summed E-state index contributed by atoms with van der Waals surface area (Å²) < 4.78 is 5.39. The Labute approximate surface area is 190 Å². The summed E-state index contributed by atoms with van der Waals surface area (Å²) in [7, 11) is 0. The van der Waals surface area contributed by atoms with Crippen molar-refractivity contribution in [1.82, 2.24) is 10.6 Å². The molecular formula is C23H26N2O6S. The number of carboxylic acid groups (broad SMARTS) is 1. The molecule has 9 heteroatoms. The third kappa shape index (κ3) is 6.48. The van der Waals surface area contributed by atoms with Crippen LogP contribution in [0.1, 0.15) is 23.5 Å². The lowest BCUT2D eigenvalue weighted by molar-refractivity contribution is -0.134. The van der Waals surface area contributed by atoms with Crippen molar-refractivity contribution in [3.8, 4) is 11.1 Å². The number of carbonyl (C=O) groups excluding carboxylic acids is 2. The Kier molecular flexibility index (Phi) is 8.52. The quantitative estimate of drug-likeness (QED) is 0.381. The molecule has 0 heterocycles. The highest BCUT2D eigenvalue weighted by molar-refractivity contribution is 7.99. The van der Waals surface area contributed by atoms with Crippen LogP contribution >= 0.6 is 11.8 Å². The maximum atomic E-state index is 12.1. The lowest BCUT2D eigenvalue weighted by Crippen LogP contribution is -2.37. The van der Waals surface area contributed by atoms with Gasteiger partial charge >= 0.3 is 12.1 Å². The predicted octanol–water partition coefficient (Wildman–Crippen LogP) is 2.21. The van der Waals surface area contributed by atoms with Gasteiger partial charge in [-0.05, 0) is 22.3 Å². The average Bonchev–Trinajstić information content (AvgIpc) is 3.09. The monoisotopic (exact) mass is 458 g/mol. The van der Waals surface area contributed by atoms with E-state index in [1.54, 1.807) is 0 Å². The molecule has 2 amide bonds. The molecule has 1 aliphatic carbocycles. The molecule has 0 saturated carbocycles. The Balaban J connectivity index is 1.38. The first-order valence-electron chi connectivity index (χ1n) is 10.3. The van der Waals surface area contributed by atoms with Crippen molar-refractivity contribution in [2.24, 2.45) is 0 Å². The van der Waals surface area contributed by atoms with Crippen molar-refractivity contribution >= 4 is 29.7 Å². The van der Waals surface area contributed by atoms with Gasteiger partial charge in [-0.25, -0.2) is 4.79 Å². The Hall–Kier alpha value is -3.04. The minimum atomic E-state index is -1.05. The van der Waals surface area contributed by atoms with Gasteiger partial charge in [0.2, 0.25) is 5.91 Å². The number of rotatable bonds is 11. The molecule has 2 aromatic rings. The molecule has 1 aliphatic rings. The largest absolute Gasteiger partial charge is 0.481 e. The summed E-state index contributed by atoms with van der Waals surface area (Å²) in [6.07, 6.45) is -1.88. The summed E-state index contributed by atoms with van der Waals surface area (Å²) in [5, 5.41) is 23.6. The zero-order chi connectivity index (χ0) is 22.9. The zero-order valence-corrected chi connectivity index (χ0v) is 18.3. The molecule has 1 unspecified atom stereocenters. The summed E-state index contributed by atoms with van der Waals surface area (Å²) in [4.78, 5) is 34.3. The van der Waals surface area contributed by atoms with E-state index in [1.165, 1.54) is 11.8 Å². The number of ether oxygens (including phenoxy) is 1. The minimum Gasteiger partial charge on any atom is -0.481 e. The Bertz CT molecular complexity index is 922. The van der Waals surface area contributed by atoms with Crippen LogP contribution in [-0.2, 0) is 14.3 Å². The van der Waals surface area contributed by atoms with Crippen LogP contribution in [0.2, 0.25) is 0 Å². The molecule has 8 nitrogen and oxygen atoms in total. The number of carbonyl (C=O) groups is 3. The summed E-state index contributed by atoms with van der Waals surface area (Å²) >= 11 is 1.19. The van der Waals surface area contributed by atoms with Gasteiger partial charge in [-0.15, -0.1) is 11.8 Å². The van der Waals surface area contributed by atoms with E-state index in [9.17, 15) is 19.5 Å². The standard InChI is InChI=1S/C23H26N2O6S/c26-15(11-21(27)24-9-10-32-14-22(28)29)12-25-23(30)31-13-20-18-7-3-1-5-16(18)17-6-2-4-8-19(17)20/h1-8,15,20,26H,9-14H2,(H,24,27)(H,25,30)(H,28,29). The number of hydrogen-bond donors (Lipinski definition) is 4. The van der Waals surface area contributed by atoms with Gasteiger partial charge < -0.3 is 25.6 Å². The van der Waals surface area contributed by atoms with Crippen molar-refractivity contribution in [1.29, 1.82) is 0 Å². The lowest BCUT2D eigenvalue weighted by atomic mass is 9.98. The number of aliphatic hydroxyl groups excluding tert-OH is 1. The van der Waals surface area contributed by atoms with Crippen LogP contribution in [0.25, 0.3) is 11.1 Å². The molecule has 2 aromatic carbocycles. The van der Waals surface area contributed by atoms with E-state index < -0.39 is 18.2 Å². The number of nitrogens with one attached hydrogen (secondary N) is 2. The maximum Gasteiger partial charge on any atom is 0.407 e. The van der Waals surface area contributed by atoms with Gasteiger partial charge in [0.15, 0.2) is 0 Å². The number of thioether (sulfide) groups is 1. The van der Waals surface area contributed by atoms with Gasteiger partial charge in [0.05, 0.1) is 18.3 Å². The average molecular weight is 459 g/mol. The highest BCUT2D eigenvalue weighted by Crippen LogP contribution is 2.44. The van der Waals surface area contributed by atoms with Gasteiger partial charge in [-0.3, -0.25) is 9.59 Å². The summed E-state index contributed by atoms with van der Waals surface area (Å²) in [5.74, 6) is -0.893. The van der Waals surface area contributed by atoms with Crippen LogP contribution in [0.5, 0.6) is 0 Å². The SMILES string of the molecule is O=C(O)CSCCNC(=O)CC(O)CNC(=O)OCC1c2ccccc2-c2ccccc21. The van der Waals surface area contributed by atoms with Crippen molar-refractivity contribution in [3.05, 3.63) is 59.7 Å². The molecule has 170 valence electrons. The number of aliphatic carboxylic acids is 1. The molecule has 0 saturated heterocycles. The molecular weight excluding hydrogens is 432 g/mol. The molecule has 0 bridgehead atoms. The smallest absolute Gasteiger partial charge is 0.407 e. The van der Waals surface area contributed by atoms with Crippen LogP contribution in [0.15, 0.2) is 48.5 Å². The molecule has 0 aliphatic heterocycles. The molecule has 32 heavy (non-hydrogen) atoms. The van der Waals surface area contributed by atoms with Crippen molar-refractivity contribution < 1.29 is 29.3 Å². The molecule has 0 aromatic heterocycles. The second-order valence-corrected chi connectivity index (χ2v) is 8.47. The maximum absolute atomic E-state index is 12.1. The van der Waals surface area contributed by atoms with E-state index >= 15 is 0 Å². The van der Waals surface area contributed by atoms with Crippen LogP contribution in [0, 0.1) is 0 Å². The van der Waals surface area contributed by atoms with Crippen LogP contribution in [-0.4, -0.2) is 65.5 Å². The highest BCUT2D eigenvalue weighted by atomic mass is 32.2. The van der Waals surface area contributed by atoms with Crippen molar-refractivity contribution in [2.45, 2.75) is 18.4 Å². The van der Waals surface area contributed by atoms with Gasteiger partial charge in [-0.2, -0.15) is 0 Å². The third-order valence-electron chi connectivity index (χ3n) is 5.04. The third-order valence-corrected chi connectivity index (χ3v) is 5.98. The number of hydrogen-bond acceptors (Lipinski definition) is 6. The Morgan fingerprint density at radius 3 is 2.25 bits per heavy atom. The minimum absolute atomic E-state index is 0.0252. The number of amides is 2. The molecule has 1 atom stereocenters. The van der Waals surface area contributed by atoms with Crippen molar-refractivity contribution in [3.63, 3.8) is 0 Å². The highest BCUT2D eigenvalue weighted by Gasteiger charge is 2.29. The van der Waals surface area contributed by atoms with E-state index in [0.29, 0.717) is 12.3 Å². The van der Waals surface area contributed by atoms with Crippen molar-refractivity contribution in [2.75, 3.05) is 31.2 Å². The second kappa shape index (κ2) is 11.5. The number of aliphatic hydroxyl groups is 1. The molecule has 3 rings (SSSR count). The summed E-state index contributed by atoms with van der Waals surface area (Å²) in [6, 6.07) is 16.1. The number of benzene rings is 2. The van der Waals surface area contributed by atoms with E-state index in [0.717, 1.165) is 22.3 Å². The number of fused-ring (bicyclic) bond motifs is 3. The van der Waals surface area contributed by atoms with Gasteiger partial charge in [0.25, 0.3) is 0 Å². The second-order valence-electron chi connectivity index (χ2n) is 7.36. The molecule has 4 N–H and O–H groups in total. The summed E-state index contributed by atoms with van der Waals surface area (Å²) in [5.41, 5.74) is 4.50. The molecule has 0 radical (unpaired) electrons. The van der Waals surface area contributed by atoms with E-state index in [4.69, 9.17) is 9.84 Å². The summed E-state index contributed by atoms with van der Waals surface area (Å²) in [6.45, 7) is 0.367. The van der Waals surface area contributed by atoms with Crippen LogP contribution in [0.3, 0.4) is 0 Å². The Morgan fingerprint density at radius 1 is 1.00 bits per heavy atom. The first-order chi connectivity index (χ1) is 15.5. The van der Waals surface area contributed by atoms with Gasteiger partial charge in [0.1, 0.15) is 6.61 Å².